The summed E-state index contributed by atoms with van der Waals surface area (Å²) >= 11 is 1.50. The third-order valence-electron chi connectivity index (χ3n) is 2.06. The number of nitrogens with one attached hydrogen (secondary N) is 1. The standard InChI is InChI=1S/C11H13N3OS/c1-8-3-5-9(6-4-8)15-7-10-13-14-11(12-2)16-10/h3-6H,7H2,1-2H3,(H,12,14). The predicted molar refractivity (Wildman–Crippen MR) is 65.0 cm³/mol. The Morgan fingerprint density at radius 1 is 1.25 bits per heavy atom. The molecule has 0 atom stereocenters. The van der Waals surface area contributed by atoms with E-state index in [9.17, 15) is 0 Å². The van der Waals surface area contributed by atoms with E-state index < -0.39 is 0 Å². The molecule has 0 saturated heterocycles. The van der Waals surface area contributed by atoms with Gasteiger partial charge in [0.1, 0.15) is 12.4 Å². The van der Waals surface area contributed by atoms with E-state index in [1.165, 1.54) is 16.9 Å². The molecule has 0 saturated carbocycles. The Labute approximate surface area is 98.3 Å². The van der Waals surface area contributed by atoms with Gasteiger partial charge in [0.05, 0.1) is 0 Å². The summed E-state index contributed by atoms with van der Waals surface area (Å²) in [5.74, 6) is 0.854. The van der Waals surface area contributed by atoms with Crippen LogP contribution in [-0.4, -0.2) is 17.2 Å². The fraction of sp³-hybridized carbons (Fsp3) is 0.273. The number of nitrogens with zero attached hydrogens (tertiary/aromatic N) is 2. The molecule has 0 fully saturated rings. The van der Waals surface area contributed by atoms with Gasteiger partial charge < -0.3 is 10.1 Å². The normalized spacial score (nSPS) is 10.1. The van der Waals surface area contributed by atoms with Crippen molar-refractivity contribution in [1.29, 1.82) is 0 Å². The van der Waals surface area contributed by atoms with Crippen LogP contribution in [0.1, 0.15) is 10.6 Å². The minimum Gasteiger partial charge on any atom is -0.486 e. The molecule has 16 heavy (non-hydrogen) atoms. The highest BCUT2D eigenvalue weighted by Gasteiger charge is 2.02. The highest BCUT2D eigenvalue weighted by molar-refractivity contribution is 7.15. The summed E-state index contributed by atoms with van der Waals surface area (Å²) in [7, 11) is 1.82. The number of rotatable bonds is 4. The monoisotopic (exact) mass is 235 g/mol. The van der Waals surface area contributed by atoms with Crippen molar-refractivity contribution in [2.24, 2.45) is 0 Å². The lowest BCUT2D eigenvalue weighted by atomic mass is 10.2. The number of ether oxygens (including phenoxy) is 1. The average molecular weight is 235 g/mol. The zero-order chi connectivity index (χ0) is 11.4. The molecule has 2 aromatic rings. The lowest BCUT2D eigenvalue weighted by Crippen LogP contribution is -1.94. The molecule has 0 spiro atoms. The molecule has 4 nitrogen and oxygen atoms in total. The van der Waals surface area contributed by atoms with Gasteiger partial charge in [0, 0.05) is 7.05 Å². The minimum atomic E-state index is 0.461. The first-order valence-electron chi connectivity index (χ1n) is 4.97. The maximum Gasteiger partial charge on any atom is 0.205 e. The molecule has 1 aromatic carbocycles. The summed E-state index contributed by atoms with van der Waals surface area (Å²) in [5.41, 5.74) is 1.22. The second kappa shape index (κ2) is 4.94. The second-order valence-corrected chi connectivity index (χ2v) is 4.41. The van der Waals surface area contributed by atoms with Gasteiger partial charge in [-0.25, -0.2) is 0 Å². The van der Waals surface area contributed by atoms with Crippen LogP contribution in [-0.2, 0) is 6.61 Å². The number of benzene rings is 1. The molecule has 2 rings (SSSR count). The molecule has 0 amide bonds. The number of hydrogen-bond acceptors (Lipinski definition) is 5. The van der Waals surface area contributed by atoms with Gasteiger partial charge in [-0.3, -0.25) is 0 Å². The van der Waals surface area contributed by atoms with Crippen LogP contribution in [0.4, 0.5) is 5.13 Å². The molecule has 0 unspecified atom stereocenters. The number of aromatic nitrogens is 2. The van der Waals surface area contributed by atoms with E-state index in [0.717, 1.165) is 15.9 Å². The Balaban J connectivity index is 1.94. The highest BCUT2D eigenvalue weighted by Crippen LogP contribution is 2.17. The van der Waals surface area contributed by atoms with Crippen molar-refractivity contribution in [3.8, 4) is 5.75 Å². The maximum atomic E-state index is 5.59. The van der Waals surface area contributed by atoms with Crippen LogP contribution in [0.25, 0.3) is 0 Å². The van der Waals surface area contributed by atoms with Crippen molar-refractivity contribution in [2.45, 2.75) is 13.5 Å². The summed E-state index contributed by atoms with van der Waals surface area (Å²) in [6.07, 6.45) is 0. The minimum absolute atomic E-state index is 0.461. The predicted octanol–water partition coefficient (Wildman–Crippen LogP) is 2.47. The third-order valence-corrected chi connectivity index (χ3v) is 2.98. The lowest BCUT2D eigenvalue weighted by molar-refractivity contribution is 0.304. The molecule has 1 N–H and O–H groups in total. The Hall–Kier alpha value is -1.62. The van der Waals surface area contributed by atoms with Crippen LogP contribution >= 0.6 is 11.3 Å². The fourth-order valence-electron chi connectivity index (χ4n) is 1.19. The zero-order valence-electron chi connectivity index (χ0n) is 9.23. The molecule has 0 aliphatic heterocycles. The van der Waals surface area contributed by atoms with Crippen LogP contribution in [0, 0.1) is 6.92 Å². The van der Waals surface area contributed by atoms with Gasteiger partial charge in [-0.05, 0) is 19.1 Å². The molecule has 1 heterocycles. The van der Waals surface area contributed by atoms with Gasteiger partial charge >= 0.3 is 0 Å². The van der Waals surface area contributed by atoms with E-state index >= 15 is 0 Å². The van der Waals surface area contributed by atoms with Gasteiger partial charge in [0.2, 0.25) is 5.13 Å². The molecule has 0 bridgehead atoms. The number of anilines is 1. The van der Waals surface area contributed by atoms with E-state index in [0.29, 0.717) is 6.61 Å². The summed E-state index contributed by atoms with van der Waals surface area (Å²) in [4.78, 5) is 0. The zero-order valence-corrected chi connectivity index (χ0v) is 10.0. The van der Waals surface area contributed by atoms with Gasteiger partial charge in [-0.1, -0.05) is 29.0 Å². The molecule has 84 valence electrons. The molecule has 0 radical (unpaired) electrons. The smallest absolute Gasteiger partial charge is 0.205 e. The van der Waals surface area contributed by atoms with Crippen LogP contribution in [0.5, 0.6) is 5.75 Å². The Kier molecular flexibility index (Phi) is 3.36. The van der Waals surface area contributed by atoms with E-state index in [-0.39, 0.29) is 0 Å². The van der Waals surface area contributed by atoms with Gasteiger partial charge in [0.15, 0.2) is 5.01 Å². The van der Waals surface area contributed by atoms with Crippen LogP contribution in [0.3, 0.4) is 0 Å². The number of hydrogen-bond donors (Lipinski definition) is 1. The fourth-order valence-corrected chi connectivity index (χ4v) is 1.80. The first-order valence-corrected chi connectivity index (χ1v) is 5.79. The Morgan fingerprint density at radius 2 is 2.00 bits per heavy atom. The first kappa shape index (κ1) is 10.9. The van der Waals surface area contributed by atoms with Crippen LogP contribution in [0.15, 0.2) is 24.3 Å². The quantitative estimate of drug-likeness (QED) is 0.884. The highest BCUT2D eigenvalue weighted by atomic mass is 32.1. The summed E-state index contributed by atoms with van der Waals surface area (Å²) in [6, 6.07) is 7.95. The second-order valence-electron chi connectivity index (χ2n) is 3.35. The van der Waals surface area contributed by atoms with Gasteiger partial charge in [-0.2, -0.15) is 0 Å². The summed E-state index contributed by atoms with van der Waals surface area (Å²) < 4.78 is 5.59. The van der Waals surface area contributed by atoms with Crippen molar-refractivity contribution in [3.63, 3.8) is 0 Å². The van der Waals surface area contributed by atoms with E-state index in [4.69, 9.17) is 4.74 Å². The largest absolute Gasteiger partial charge is 0.486 e. The molecule has 0 aliphatic carbocycles. The van der Waals surface area contributed by atoms with Gasteiger partial charge in [0.25, 0.3) is 0 Å². The Morgan fingerprint density at radius 3 is 2.62 bits per heavy atom. The maximum absolute atomic E-state index is 5.59. The molecular formula is C11H13N3OS. The molecule has 0 aliphatic rings. The van der Waals surface area contributed by atoms with Crippen LogP contribution < -0.4 is 10.1 Å². The Bertz CT molecular complexity index is 453. The van der Waals surface area contributed by atoms with E-state index in [2.05, 4.69) is 15.5 Å². The average Bonchev–Trinajstić information content (AvgIpc) is 2.76. The first-order chi connectivity index (χ1) is 7.78. The third kappa shape index (κ3) is 2.70. The molecular weight excluding hydrogens is 222 g/mol. The van der Waals surface area contributed by atoms with E-state index in [1.807, 2.05) is 38.2 Å². The SMILES string of the molecule is CNc1nnc(COc2ccc(C)cc2)s1. The summed E-state index contributed by atoms with van der Waals surface area (Å²) in [5, 5.41) is 12.6. The molecule has 5 heteroatoms. The number of aryl methyl sites for hydroxylation is 1. The van der Waals surface area contributed by atoms with Crippen molar-refractivity contribution < 1.29 is 4.74 Å². The molecule has 1 aromatic heterocycles. The van der Waals surface area contributed by atoms with Crippen molar-refractivity contribution in [2.75, 3.05) is 12.4 Å². The van der Waals surface area contributed by atoms with Crippen molar-refractivity contribution in [1.82, 2.24) is 10.2 Å². The van der Waals surface area contributed by atoms with Gasteiger partial charge in [-0.15, -0.1) is 10.2 Å². The lowest BCUT2D eigenvalue weighted by Gasteiger charge is -2.03. The van der Waals surface area contributed by atoms with Crippen molar-refractivity contribution in [3.05, 3.63) is 34.8 Å². The topological polar surface area (TPSA) is 47.0 Å². The van der Waals surface area contributed by atoms with Crippen LogP contribution in [0.2, 0.25) is 0 Å². The van der Waals surface area contributed by atoms with E-state index in [1.54, 1.807) is 0 Å². The van der Waals surface area contributed by atoms with Crippen molar-refractivity contribution >= 4 is 16.5 Å². The summed E-state index contributed by atoms with van der Waals surface area (Å²) in [6.45, 7) is 2.51.